The van der Waals surface area contributed by atoms with E-state index >= 15 is 0 Å². The van der Waals surface area contributed by atoms with Crippen molar-refractivity contribution in [3.05, 3.63) is 57.5 Å². The first kappa shape index (κ1) is 13.3. The monoisotopic (exact) mass is 301 g/mol. The number of thiazole rings is 1. The summed E-state index contributed by atoms with van der Waals surface area (Å²) in [4.78, 5) is 28.9. The number of carbonyl (C=O) groups excluding carboxylic acids is 1. The quantitative estimate of drug-likeness (QED) is 0.709. The Kier molecular flexibility index (Phi) is 3.19. The molecule has 0 atom stereocenters. The number of phenolic OH excluding ortho intramolecular Hbond substituents is 1. The molecule has 0 bridgehead atoms. The van der Waals surface area contributed by atoms with Crippen molar-refractivity contribution in [2.24, 2.45) is 0 Å². The van der Waals surface area contributed by atoms with Crippen molar-refractivity contribution in [1.82, 2.24) is 9.38 Å². The summed E-state index contributed by atoms with van der Waals surface area (Å²) >= 11 is 1.31. The van der Waals surface area contributed by atoms with E-state index in [4.69, 9.17) is 0 Å². The predicted molar refractivity (Wildman–Crippen MR) is 80.1 cm³/mol. The van der Waals surface area contributed by atoms with E-state index in [0.29, 0.717) is 4.96 Å². The van der Waals surface area contributed by atoms with Crippen LogP contribution in [0, 0.1) is 6.92 Å². The maximum atomic E-state index is 12.2. The molecule has 0 spiro atoms. The number of benzene rings is 1. The van der Waals surface area contributed by atoms with Crippen molar-refractivity contribution in [3.63, 3.8) is 0 Å². The van der Waals surface area contributed by atoms with Gasteiger partial charge in [-0.1, -0.05) is 6.07 Å². The number of rotatable bonds is 2. The number of nitrogens with zero attached hydrogens (tertiary/aromatic N) is 2. The third-order valence-electron chi connectivity index (χ3n) is 2.99. The Bertz CT molecular complexity index is 898. The maximum absolute atomic E-state index is 12.2. The van der Waals surface area contributed by atoms with E-state index in [0.717, 1.165) is 5.56 Å². The van der Waals surface area contributed by atoms with Crippen LogP contribution in [0.1, 0.15) is 15.9 Å². The molecule has 0 aliphatic rings. The molecule has 106 valence electrons. The number of nitrogens with one attached hydrogen (secondary N) is 1. The van der Waals surface area contributed by atoms with Crippen molar-refractivity contribution in [2.75, 3.05) is 5.32 Å². The van der Waals surface area contributed by atoms with Crippen LogP contribution in [0.15, 0.2) is 40.8 Å². The lowest BCUT2D eigenvalue weighted by Gasteiger charge is -2.07. The van der Waals surface area contributed by atoms with Crippen LogP contribution < -0.4 is 10.9 Å². The van der Waals surface area contributed by atoms with Gasteiger partial charge in [-0.2, -0.15) is 0 Å². The van der Waals surface area contributed by atoms with Gasteiger partial charge >= 0.3 is 0 Å². The fourth-order valence-corrected chi connectivity index (χ4v) is 2.59. The third kappa shape index (κ3) is 2.38. The Labute approximate surface area is 123 Å². The largest absolute Gasteiger partial charge is 0.506 e. The summed E-state index contributed by atoms with van der Waals surface area (Å²) in [6.07, 6.45) is 2.81. The van der Waals surface area contributed by atoms with Crippen molar-refractivity contribution in [2.45, 2.75) is 6.92 Å². The number of anilines is 1. The number of aromatic hydroxyl groups is 1. The summed E-state index contributed by atoms with van der Waals surface area (Å²) in [7, 11) is 0. The Morgan fingerprint density at radius 2 is 2.24 bits per heavy atom. The van der Waals surface area contributed by atoms with Gasteiger partial charge in [-0.05, 0) is 24.6 Å². The molecular formula is C14H11N3O3S. The highest BCUT2D eigenvalue weighted by Crippen LogP contribution is 2.24. The zero-order chi connectivity index (χ0) is 15.0. The van der Waals surface area contributed by atoms with Gasteiger partial charge in [-0.15, -0.1) is 11.3 Å². The summed E-state index contributed by atoms with van der Waals surface area (Å²) in [5.74, 6) is -0.653. The minimum absolute atomic E-state index is 0.0481. The molecule has 1 aromatic carbocycles. The Hall–Kier alpha value is -2.67. The zero-order valence-corrected chi connectivity index (χ0v) is 11.8. The van der Waals surface area contributed by atoms with E-state index in [1.807, 2.05) is 6.92 Å². The fraction of sp³-hybridized carbons (Fsp3) is 0.0714. The number of fused-ring (bicyclic) bond motifs is 1. The van der Waals surface area contributed by atoms with Gasteiger partial charge in [-0.3, -0.25) is 14.0 Å². The van der Waals surface area contributed by atoms with Crippen LogP contribution in [0.2, 0.25) is 0 Å². The molecule has 0 fully saturated rings. The van der Waals surface area contributed by atoms with E-state index in [9.17, 15) is 14.7 Å². The Morgan fingerprint density at radius 3 is 3.00 bits per heavy atom. The third-order valence-corrected chi connectivity index (χ3v) is 3.76. The molecule has 1 amide bonds. The highest BCUT2D eigenvalue weighted by molar-refractivity contribution is 7.15. The molecule has 0 aliphatic heterocycles. The first-order valence-corrected chi connectivity index (χ1v) is 7.00. The molecule has 0 unspecified atom stereocenters. The second kappa shape index (κ2) is 5.02. The summed E-state index contributed by atoms with van der Waals surface area (Å²) in [6, 6.07) is 4.86. The molecule has 7 heteroatoms. The van der Waals surface area contributed by atoms with Gasteiger partial charge in [0.1, 0.15) is 11.3 Å². The van der Waals surface area contributed by atoms with E-state index in [1.54, 1.807) is 23.7 Å². The second-order valence-corrected chi connectivity index (χ2v) is 5.38. The van der Waals surface area contributed by atoms with Gasteiger partial charge < -0.3 is 10.4 Å². The number of hydrogen-bond acceptors (Lipinski definition) is 5. The van der Waals surface area contributed by atoms with Gasteiger partial charge in [0.05, 0.1) is 5.69 Å². The van der Waals surface area contributed by atoms with Crippen molar-refractivity contribution in [1.29, 1.82) is 0 Å². The van der Waals surface area contributed by atoms with Gasteiger partial charge in [0, 0.05) is 17.8 Å². The number of phenols is 1. The first-order chi connectivity index (χ1) is 10.1. The van der Waals surface area contributed by atoms with Crippen LogP contribution in [0.5, 0.6) is 5.75 Å². The highest BCUT2D eigenvalue weighted by atomic mass is 32.1. The summed E-state index contributed by atoms with van der Waals surface area (Å²) in [5, 5.41) is 14.0. The molecule has 2 aromatic heterocycles. The molecule has 3 aromatic rings. The molecule has 0 radical (unpaired) electrons. The molecule has 2 heterocycles. The summed E-state index contributed by atoms with van der Waals surface area (Å²) in [5.41, 5.74) is 0.601. The van der Waals surface area contributed by atoms with Gasteiger partial charge in [0.15, 0.2) is 4.96 Å². The fourth-order valence-electron chi connectivity index (χ4n) is 1.92. The molecule has 3 rings (SSSR count). The van der Waals surface area contributed by atoms with Gasteiger partial charge in [0.25, 0.3) is 11.5 Å². The van der Waals surface area contributed by atoms with Gasteiger partial charge in [-0.25, -0.2) is 4.98 Å². The topological polar surface area (TPSA) is 83.7 Å². The summed E-state index contributed by atoms with van der Waals surface area (Å²) < 4.78 is 1.31. The lowest BCUT2D eigenvalue weighted by atomic mass is 10.2. The Balaban J connectivity index is 1.97. The molecule has 0 saturated heterocycles. The number of hydrogen-bond donors (Lipinski definition) is 2. The number of carbonyl (C=O) groups is 1. The molecule has 21 heavy (non-hydrogen) atoms. The first-order valence-electron chi connectivity index (χ1n) is 6.12. The normalized spacial score (nSPS) is 10.7. The highest BCUT2D eigenvalue weighted by Gasteiger charge is 2.15. The van der Waals surface area contributed by atoms with E-state index in [1.165, 1.54) is 28.0 Å². The van der Waals surface area contributed by atoms with Crippen LogP contribution in [0.4, 0.5) is 5.69 Å². The predicted octanol–water partition coefficient (Wildman–Crippen LogP) is 2.02. The van der Waals surface area contributed by atoms with E-state index in [2.05, 4.69) is 10.3 Å². The lowest BCUT2D eigenvalue weighted by Crippen LogP contribution is -2.25. The van der Waals surface area contributed by atoms with Crippen LogP contribution in [0.25, 0.3) is 4.96 Å². The average molecular weight is 301 g/mol. The molecular weight excluding hydrogens is 290 g/mol. The van der Waals surface area contributed by atoms with Crippen molar-refractivity contribution < 1.29 is 9.90 Å². The number of amides is 1. The molecule has 2 N–H and O–H groups in total. The van der Waals surface area contributed by atoms with Crippen molar-refractivity contribution in [3.8, 4) is 5.75 Å². The minimum atomic E-state index is -0.604. The van der Waals surface area contributed by atoms with Crippen LogP contribution in [0.3, 0.4) is 0 Å². The standard InChI is InChI=1S/C14H11N3O3S/c1-8-2-3-10(11(18)6-8)16-12(19)9-7-15-14-17(13(9)20)4-5-21-14/h2-7,18H,1H3,(H,16,19). The van der Waals surface area contributed by atoms with E-state index in [-0.39, 0.29) is 17.0 Å². The summed E-state index contributed by atoms with van der Waals surface area (Å²) in [6.45, 7) is 1.83. The lowest BCUT2D eigenvalue weighted by molar-refractivity contribution is 0.102. The molecule has 6 nitrogen and oxygen atoms in total. The van der Waals surface area contributed by atoms with Crippen LogP contribution >= 0.6 is 11.3 Å². The molecule has 0 saturated carbocycles. The molecule has 0 aliphatic carbocycles. The zero-order valence-electron chi connectivity index (χ0n) is 11.0. The smallest absolute Gasteiger partial charge is 0.271 e. The van der Waals surface area contributed by atoms with Crippen molar-refractivity contribution >= 4 is 27.9 Å². The number of aromatic nitrogens is 2. The minimum Gasteiger partial charge on any atom is -0.506 e. The average Bonchev–Trinajstić information content (AvgIpc) is 2.91. The maximum Gasteiger partial charge on any atom is 0.271 e. The van der Waals surface area contributed by atoms with Crippen LogP contribution in [-0.4, -0.2) is 20.4 Å². The number of aryl methyl sites for hydroxylation is 1. The second-order valence-electron chi connectivity index (χ2n) is 4.51. The van der Waals surface area contributed by atoms with Gasteiger partial charge in [0.2, 0.25) is 0 Å². The SMILES string of the molecule is Cc1ccc(NC(=O)c2cnc3sccn3c2=O)c(O)c1. The van der Waals surface area contributed by atoms with E-state index < -0.39 is 11.5 Å². The van der Waals surface area contributed by atoms with Crippen LogP contribution in [-0.2, 0) is 0 Å². The Morgan fingerprint density at radius 1 is 1.43 bits per heavy atom.